The van der Waals surface area contributed by atoms with Crippen molar-refractivity contribution in [3.8, 4) is 0 Å². The molecule has 0 unspecified atom stereocenters. The summed E-state index contributed by atoms with van der Waals surface area (Å²) in [6.07, 6.45) is -0.327. The molecule has 0 radical (unpaired) electrons. The number of carboxylic acids is 1. The molecule has 1 aromatic heterocycles. The highest BCUT2D eigenvalue weighted by Gasteiger charge is 2.05. The largest absolute Gasteiger partial charge is 0.550 e. The van der Waals surface area contributed by atoms with E-state index in [2.05, 4.69) is 4.98 Å². The van der Waals surface area contributed by atoms with Crippen molar-refractivity contribution >= 4 is 28.7 Å². The van der Waals surface area contributed by atoms with Crippen LogP contribution in [0.2, 0.25) is 5.02 Å². The fourth-order valence-electron chi connectivity index (χ4n) is 1.15. The number of benzene rings is 1. The lowest BCUT2D eigenvalue weighted by Crippen LogP contribution is -2.24. The third-order valence-corrected chi connectivity index (χ3v) is 1.92. The van der Waals surface area contributed by atoms with Crippen molar-refractivity contribution in [2.45, 2.75) is 6.42 Å². The Morgan fingerprint density at radius 2 is 2.36 bits per heavy atom. The first-order valence-corrected chi connectivity index (χ1v) is 4.28. The van der Waals surface area contributed by atoms with Crippen LogP contribution < -0.4 is 5.11 Å². The molecule has 0 amide bonds. The van der Waals surface area contributed by atoms with Gasteiger partial charge >= 0.3 is 0 Å². The van der Waals surface area contributed by atoms with Gasteiger partial charge in [0.05, 0.1) is 12.4 Å². The first-order chi connectivity index (χ1) is 6.65. The summed E-state index contributed by atoms with van der Waals surface area (Å²) in [5.41, 5.74) is 1.07. The van der Waals surface area contributed by atoms with Crippen molar-refractivity contribution in [2.24, 2.45) is 0 Å². The lowest BCUT2D eigenvalue weighted by Gasteiger charge is -1.93. The van der Waals surface area contributed by atoms with E-state index in [-0.39, 0.29) is 12.3 Å². The van der Waals surface area contributed by atoms with E-state index in [1.54, 1.807) is 18.2 Å². The van der Waals surface area contributed by atoms with Crippen molar-refractivity contribution in [2.75, 3.05) is 0 Å². The normalized spacial score (nSPS) is 10.6. The Morgan fingerprint density at radius 3 is 3.07 bits per heavy atom. The molecule has 4 nitrogen and oxygen atoms in total. The van der Waals surface area contributed by atoms with E-state index in [1.165, 1.54) is 0 Å². The van der Waals surface area contributed by atoms with E-state index in [4.69, 9.17) is 16.0 Å². The molecule has 0 fully saturated rings. The molecule has 0 saturated heterocycles. The van der Waals surface area contributed by atoms with Gasteiger partial charge in [-0.15, -0.1) is 0 Å². The van der Waals surface area contributed by atoms with Crippen molar-refractivity contribution in [1.82, 2.24) is 4.98 Å². The molecule has 1 aromatic carbocycles. The van der Waals surface area contributed by atoms with Gasteiger partial charge in [-0.3, -0.25) is 0 Å². The molecule has 0 aliphatic heterocycles. The first-order valence-electron chi connectivity index (χ1n) is 3.90. The molecule has 0 saturated carbocycles. The Balaban J connectivity index is 2.46. The van der Waals surface area contributed by atoms with Crippen molar-refractivity contribution in [3.05, 3.63) is 29.1 Å². The van der Waals surface area contributed by atoms with E-state index in [0.717, 1.165) is 0 Å². The van der Waals surface area contributed by atoms with Crippen LogP contribution in [-0.4, -0.2) is 11.0 Å². The number of oxazole rings is 1. The molecule has 72 valence electrons. The van der Waals surface area contributed by atoms with Crippen LogP contribution in [0.4, 0.5) is 0 Å². The van der Waals surface area contributed by atoms with E-state index < -0.39 is 5.97 Å². The lowest BCUT2D eigenvalue weighted by molar-refractivity contribution is -0.305. The minimum atomic E-state index is -1.22. The number of fused-ring (bicyclic) bond motifs is 1. The van der Waals surface area contributed by atoms with Gasteiger partial charge in [-0.1, -0.05) is 11.6 Å². The van der Waals surface area contributed by atoms with E-state index >= 15 is 0 Å². The zero-order valence-corrected chi connectivity index (χ0v) is 7.75. The van der Waals surface area contributed by atoms with Crippen molar-refractivity contribution in [3.63, 3.8) is 0 Å². The number of aliphatic carboxylic acids is 1. The Morgan fingerprint density at radius 1 is 1.57 bits per heavy atom. The molecule has 0 aliphatic rings. The highest BCUT2D eigenvalue weighted by Crippen LogP contribution is 2.19. The van der Waals surface area contributed by atoms with Crippen LogP contribution >= 0.6 is 11.6 Å². The number of halogens is 1. The van der Waals surface area contributed by atoms with E-state index in [1.807, 2.05) is 0 Å². The maximum Gasteiger partial charge on any atom is 0.201 e. The van der Waals surface area contributed by atoms with Crippen LogP contribution in [0.1, 0.15) is 5.89 Å². The molecule has 0 spiro atoms. The number of rotatable bonds is 2. The molecule has 2 rings (SSSR count). The maximum atomic E-state index is 10.3. The predicted molar refractivity (Wildman–Crippen MR) is 47.7 cm³/mol. The average molecular weight is 211 g/mol. The number of carboxylic acid groups (broad SMARTS) is 1. The molecule has 0 aliphatic carbocycles. The number of aromatic nitrogens is 1. The minimum Gasteiger partial charge on any atom is -0.550 e. The summed E-state index contributed by atoms with van der Waals surface area (Å²) < 4.78 is 5.14. The molecular weight excluding hydrogens is 206 g/mol. The Labute approximate surface area is 84.1 Å². The van der Waals surface area contributed by atoms with Gasteiger partial charge in [0.15, 0.2) is 5.58 Å². The van der Waals surface area contributed by atoms with Gasteiger partial charge in [0, 0.05) is 5.02 Å². The second-order valence-corrected chi connectivity index (χ2v) is 3.20. The second-order valence-electron chi connectivity index (χ2n) is 2.77. The average Bonchev–Trinajstić information content (AvgIpc) is 2.44. The summed E-state index contributed by atoms with van der Waals surface area (Å²) in [5, 5.41) is 10.8. The van der Waals surface area contributed by atoms with Gasteiger partial charge in [-0.2, -0.15) is 0 Å². The summed E-state index contributed by atoms with van der Waals surface area (Å²) in [4.78, 5) is 14.2. The van der Waals surface area contributed by atoms with E-state index in [0.29, 0.717) is 16.1 Å². The summed E-state index contributed by atoms with van der Waals surface area (Å²) >= 11 is 5.72. The maximum absolute atomic E-state index is 10.3. The SMILES string of the molecule is O=C([O-])Cc1nc2cc(Cl)ccc2o1. The number of hydrogen-bond donors (Lipinski definition) is 0. The Kier molecular flexibility index (Phi) is 2.13. The molecular formula is C9H5ClNO3-. The predicted octanol–water partition coefficient (Wildman–Crippen LogP) is 0.774. The Bertz CT molecular complexity index is 492. The number of nitrogens with zero attached hydrogens (tertiary/aromatic N) is 1. The van der Waals surface area contributed by atoms with Gasteiger partial charge < -0.3 is 14.3 Å². The zero-order valence-electron chi connectivity index (χ0n) is 6.99. The van der Waals surface area contributed by atoms with Gasteiger partial charge in [0.25, 0.3) is 0 Å². The summed E-state index contributed by atoms with van der Waals surface area (Å²) in [7, 11) is 0. The number of carbonyl (C=O) groups excluding carboxylic acids is 1. The molecule has 0 bridgehead atoms. The standard InChI is InChI=1S/C9H6ClNO3/c10-5-1-2-7-6(3-5)11-8(14-7)4-9(12)13/h1-3H,4H2,(H,12,13)/p-1. The lowest BCUT2D eigenvalue weighted by atomic mass is 10.3. The Hall–Kier alpha value is -1.55. The molecule has 0 atom stereocenters. The second kappa shape index (κ2) is 3.31. The van der Waals surface area contributed by atoms with Gasteiger partial charge in [0.2, 0.25) is 5.89 Å². The zero-order chi connectivity index (χ0) is 10.1. The van der Waals surface area contributed by atoms with Crippen LogP contribution in [0.3, 0.4) is 0 Å². The molecule has 14 heavy (non-hydrogen) atoms. The first kappa shape index (κ1) is 9.02. The fourth-order valence-corrected chi connectivity index (χ4v) is 1.31. The molecule has 5 heteroatoms. The van der Waals surface area contributed by atoms with Crippen LogP contribution in [0.15, 0.2) is 22.6 Å². The third kappa shape index (κ3) is 1.70. The van der Waals surface area contributed by atoms with Crippen molar-refractivity contribution < 1.29 is 14.3 Å². The van der Waals surface area contributed by atoms with Gasteiger partial charge in [-0.25, -0.2) is 4.98 Å². The smallest absolute Gasteiger partial charge is 0.201 e. The highest BCUT2D eigenvalue weighted by atomic mass is 35.5. The van der Waals surface area contributed by atoms with Gasteiger partial charge in [-0.05, 0) is 18.2 Å². The molecule has 0 N–H and O–H groups in total. The topological polar surface area (TPSA) is 66.2 Å². The fraction of sp³-hybridized carbons (Fsp3) is 0.111. The van der Waals surface area contributed by atoms with Crippen LogP contribution in [0, 0.1) is 0 Å². The summed E-state index contributed by atoms with van der Waals surface area (Å²) in [6.45, 7) is 0. The monoisotopic (exact) mass is 210 g/mol. The third-order valence-electron chi connectivity index (χ3n) is 1.69. The number of carbonyl (C=O) groups is 1. The van der Waals surface area contributed by atoms with Crippen molar-refractivity contribution in [1.29, 1.82) is 0 Å². The molecule has 1 heterocycles. The summed E-state index contributed by atoms with van der Waals surface area (Å²) in [6, 6.07) is 4.90. The minimum absolute atomic E-state index is 0.127. The van der Waals surface area contributed by atoms with Crippen LogP contribution in [0.5, 0.6) is 0 Å². The van der Waals surface area contributed by atoms with Gasteiger partial charge in [0.1, 0.15) is 5.52 Å². The quantitative estimate of drug-likeness (QED) is 0.735. The molecule has 2 aromatic rings. The van der Waals surface area contributed by atoms with Crippen LogP contribution in [0.25, 0.3) is 11.1 Å². The number of hydrogen-bond acceptors (Lipinski definition) is 4. The van der Waals surface area contributed by atoms with E-state index in [9.17, 15) is 9.90 Å². The summed E-state index contributed by atoms with van der Waals surface area (Å²) in [5.74, 6) is -1.09. The van der Waals surface area contributed by atoms with Crippen LogP contribution in [-0.2, 0) is 11.2 Å². The highest BCUT2D eigenvalue weighted by molar-refractivity contribution is 6.31.